The van der Waals surface area contributed by atoms with Gasteiger partial charge in [0, 0.05) is 37.1 Å². The SMILES string of the molecule is O=C(NC1CCCN(c2ncccn2)C1)c1cc(-c2ccccc2)n[nH]1. The van der Waals surface area contributed by atoms with Gasteiger partial charge in [0.15, 0.2) is 0 Å². The number of nitrogens with one attached hydrogen (secondary N) is 2. The van der Waals surface area contributed by atoms with E-state index in [1.165, 1.54) is 0 Å². The van der Waals surface area contributed by atoms with Crippen LogP contribution in [0.4, 0.5) is 5.95 Å². The lowest BCUT2D eigenvalue weighted by molar-refractivity contribution is 0.0928. The summed E-state index contributed by atoms with van der Waals surface area (Å²) < 4.78 is 0. The molecule has 2 aromatic heterocycles. The molecule has 7 nitrogen and oxygen atoms in total. The van der Waals surface area contributed by atoms with Gasteiger partial charge in [-0.15, -0.1) is 0 Å². The number of amides is 1. The van der Waals surface area contributed by atoms with Crippen LogP contribution in [0.5, 0.6) is 0 Å². The van der Waals surface area contributed by atoms with Crippen LogP contribution in [0.1, 0.15) is 23.3 Å². The van der Waals surface area contributed by atoms with Crippen molar-refractivity contribution in [3.05, 3.63) is 60.6 Å². The molecular formula is C19H20N6O. The average molecular weight is 348 g/mol. The molecule has 1 fully saturated rings. The third-order valence-corrected chi connectivity index (χ3v) is 4.48. The smallest absolute Gasteiger partial charge is 0.269 e. The molecule has 1 saturated heterocycles. The Labute approximate surface area is 151 Å². The first kappa shape index (κ1) is 16.3. The fourth-order valence-electron chi connectivity index (χ4n) is 3.19. The summed E-state index contributed by atoms with van der Waals surface area (Å²) in [7, 11) is 0. The summed E-state index contributed by atoms with van der Waals surface area (Å²) in [6.45, 7) is 1.61. The number of hydrogen-bond acceptors (Lipinski definition) is 5. The van der Waals surface area contributed by atoms with Crippen LogP contribution in [-0.4, -0.2) is 45.2 Å². The minimum absolute atomic E-state index is 0.0588. The van der Waals surface area contributed by atoms with Crippen LogP contribution in [-0.2, 0) is 0 Å². The molecule has 7 heteroatoms. The highest BCUT2D eigenvalue weighted by Gasteiger charge is 2.24. The van der Waals surface area contributed by atoms with Crippen LogP contribution in [0.15, 0.2) is 54.9 Å². The number of hydrogen-bond donors (Lipinski definition) is 2. The monoisotopic (exact) mass is 348 g/mol. The summed E-state index contributed by atoms with van der Waals surface area (Å²) in [6.07, 6.45) is 5.40. The van der Waals surface area contributed by atoms with E-state index in [0.717, 1.165) is 30.6 Å². The van der Waals surface area contributed by atoms with Gasteiger partial charge in [0.1, 0.15) is 5.69 Å². The molecule has 0 spiro atoms. The van der Waals surface area contributed by atoms with E-state index in [-0.39, 0.29) is 11.9 Å². The fraction of sp³-hybridized carbons (Fsp3) is 0.263. The van der Waals surface area contributed by atoms with Crippen LogP contribution in [0, 0.1) is 0 Å². The van der Waals surface area contributed by atoms with Gasteiger partial charge < -0.3 is 10.2 Å². The molecule has 1 atom stereocenters. The number of anilines is 1. The van der Waals surface area contributed by atoms with Gasteiger partial charge in [-0.2, -0.15) is 5.10 Å². The maximum Gasteiger partial charge on any atom is 0.269 e. The number of nitrogens with zero attached hydrogens (tertiary/aromatic N) is 4. The quantitative estimate of drug-likeness (QED) is 0.755. The van der Waals surface area contributed by atoms with Crippen molar-refractivity contribution in [1.29, 1.82) is 0 Å². The van der Waals surface area contributed by atoms with Gasteiger partial charge in [0.05, 0.1) is 5.69 Å². The zero-order chi connectivity index (χ0) is 17.8. The zero-order valence-corrected chi connectivity index (χ0v) is 14.3. The molecule has 4 rings (SSSR count). The van der Waals surface area contributed by atoms with Crippen LogP contribution >= 0.6 is 0 Å². The Bertz CT molecular complexity index is 864. The first-order valence-corrected chi connectivity index (χ1v) is 8.73. The second kappa shape index (κ2) is 7.35. The molecule has 1 unspecified atom stereocenters. The van der Waals surface area contributed by atoms with Crippen LogP contribution in [0.2, 0.25) is 0 Å². The van der Waals surface area contributed by atoms with Crippen molar-refractivity contribution < 1.29 is 4.79 Å². The predicted molar refractivity (Wildman–Crippen MR) is 98.8 cm³/mol. The van der Waals surface area contributed by atoms with Gasteiger partial charge in [0.25, 0.3) is 5.91 Å². The van der Waals surface area contributed by atoms with E-state index in [1.807, 2.05) is 30.3 Å². The first-order chi connectivity index (χ1) is 12.8. The Morgan fingerprint density at radius 1 is 1.15 bits per heavy atom. The molecule has 1 aromatic carbocycles. The van der Waals surface area contributed by atoms with Crippen molar-refractivity contribution in [3.63, 3.8) is 0 Å². The lowest BCUT2D eigenvalue weighted by Crippen LogP contribution is -2.48. The molecule has 1 aliphatic heterocycles. The first-order valence-electron chi connectivity index (χ1n) is 8.73. The Morgan fingerprint density at radius 2 is 1.96 bits per heavy atom. The van der Waals surface area contributed by atoms with Gasteiger partial charge in [-0.3, -0.25) is 9.89 Å². The minimum atomic E-state index is -0.138. The normalized spacial score (nSPS) is 17.1. The number of benzene rings is 1. The van der Waals surface area contributed by atoms with E-state index in [9.17, 15) is 4.79 Å². The molecular weight excluding hydrogens is 328 g/mol. The summed E-state index contributed by atoms with van der Waals surface area (Å²) >= 11 is 0. The molecule has 2 N–H and O–H groups in total. The molecule has 26 heavy (non-hydrogen) atoms. The molecule has 3 aromatic rings. The summed E-state index contributed by atoms with van der Waals surface area (Å²) in [6, 6.07) is 13.4. The molecule has 0 radical (unpaired) electrons. The van der Waals surface area contributed by atoms with E-state index < -0.39 is 0 Å². The van der Waals surface area contributed by atoms with Crippen LogP contribution in [0.25, 0.3) is 11.3 Å². The van der Waals surface area contributed by atoms with E-state index >= 15 is 0 Å². The maximum absolute atomic E-state index is 12.6. The molecule has 1 aliphatic rings. The second-order valence-corrected chi connectivity index (χ2v) is 6.34. The summed E-state index contributed by atoms with van der Waals surface area (Å²) in [5.74, 6) is 0.569. The second-order valence-electron chi connectivity index (χ2n) is 6.34. The van der Waals surface area contributed by atoms with Crippen molar-refractivity contribution in [2.24, 2.45) is 0 Å². The number of carbonyl (C=O) groups is 1. The third-order valence-electron chi connectivity index (χ3n) is 4.48. The molecule has 132 valence electrons. The lowest BCUT2D eigenvalue weighted by atomic mass is 10.1. The molecule has 0 bridgehead atoms. The number of rotatable bonds is 4. The Morgan fingerprint density at radius 3 is 2.77 bits per heavy atom. The fourth-order valence-corrected chi connectivity index (χ4v) is 3.19. The van der Waals surface area contributed by atoms with Crippen molar-refractivity contribution in [1.82, 2.24) is 25.5 Å². The highest BCUT2D eigenvalue weighted by Crippen LogP contribution is 2.18. The topological polar surface area (TPSA) is 86.8 Å². The van der Waals surface area contributed by atoms with E-state index in [1.54, 1.807) is 24.5 Å². The van der Waals surface area contributed by atoms with Crippen molar-refractivity contribution in [2.75, 3.05) is 18.0 Å². The Balaban J connectivity index is 1.41. The zero-order valence-electron chi connectivity index (χ0n) is 14.3. The van der Waals surface area contributed by atoms with Crippen molar-refractivity contribution in [2.45, 2.75) is 18.9 Å². The standard InChI is InChI=1S/C19H20N6O/c26-18(17-12-16(23-24-17)14-6-2-1-3-7-14)22-15-8-4-11-25(13-15)19-20-9-5-10-21-19/h1-3,5-7,9-10,12,15H,4,8,11,13H2,(H,22,26)(H,23,24). The van der Waals surface area contributed by atoms with Crippen molar-refractivity contribution >= 4 is 11.9 Å². The number of aromatic nitrogens is 4. The van der Waals surface area contributed by atoms with Crippen LogP contribution in [0.3, 0.4) is 0 Å². The van der Waals surface area contributed by atoms with Gasteiger partial charge >= 0.3 is 0 Å². The molecule has 0 saturated carbocycles. The van der Waals surface area contributed by atoms with Crippen LogP contribution < -0.4 is 10.2 Å². The number of piperidine rings is 1. The van der Waals surface area contributed by atoms with Gasteiger partial charge in [-0.1, -0.05) is 30.3 Å². The Hall–Kier alpha value is -3.22. The molecule has 1 amide bonds. The third kappa shape index (κ3) is 3.56. The number of aromatic amines is 1. The van der Waals surface area contributed by atoms with E-state index in [2.05, 4.69) is 30.4 Å². The van der Waals surface area contributed by atoms with E-state index in [4.69, 9.17) is 0 Å². The number of carbonyl (C=O) groups excluding carboxylic acids is 1. The number of H-pyrrole nitrogens is 1. The van der Waals surface area contributed by atoms with Gasteiger partial charge in [-0.05, 0) is 25.0 Å². The van der Waals surface area contributed by atoms with Crippen molar-refractivity contribution in [3.8, 4) is 11.3 Å². The minimum Gasteiger partial charge on any atom is -0.346 e. The van der Waals surface area contributed by atoms with Gasteiger partial charge in [-0.25, -0.2) is 9.97 Å². The summed E-state index contributed by atoms with van der Waals surface area (Å²) in [5, 5.41) is 10.2. The maximum atomic E-state index is 12.6. The highest BCUT2D eigenvalue weighted by molar-refractivity contribution is 5.93. The predicted octanol–water partition coefficient (Wildman–Crippen LogP) is 2.27. The largest absolute Gasteiger partial charge is 0.346 e. The highest BCUT2D eigenvalue weighted by atomic mass is 16.2. The molecule has 3 heterocycles. The Kier molecular flexibility index (Phi) is 4.59. The summed E-state index contributed by atoms with van der Waals surface area (Å²) in [4.78, 5) is 23.3. The lowest BCUT2D eigenvalue weighted by Gasteiger charge is -2.32. The summed E-state index contributed by atoms with van der Waals surface area (Å²) in [5.41, 5.74) is 2.21. The molecule has 0 aliphatic carbocycles. The average Bonchev–Trinajstić information content (AvgIpc) is 3.20. The van der Waals surface area contributed by atoms with E-state index in [0.29, 0.717) is 18.2 Å². The van der Waals surface area contributed by atoms with Gasteiger partial charge in [0.2, 0.25) is 5.95 Å².